The molecule has 0 amide bonds. The molecule has 9 nitrogen and oxygen atoms in total. The maximum Gasteiger partial charge on any atom is 0.192 e. The molecular weight excluding hydrogens is 276 g/mol. The Hall–Kier alpha value is -0.360. The fourth-order valence-corrected chi connectivity index (χ4v) is 2.64. The van der Waals surface area contributed by atoms with E-state index in [9.17, 15) is 20.4 Å². The van der Waals surface area contributed by atoms with Crippen molar-refractivity contribution < 1.29 is 44.5 Å². The third-order valence-corrected chi connectivity index (χ3v) is 3.97. The molecule has 0 aromatic heterocycles. The maximum absolute atomic E-state index is 10.3. The van der Waals surface area contributed by atoms with Crippen molar-refractivity contribution in [2.24, 2.45) is 0 Å². The number of fused-ring (bicyclic) bond motifs is 2. The molecule has 0 aliphatic carbocycles. The molecule has 5 N–H and O–H groups in total. The van der Waals surface area contributed by atoms with Crippen molar-refractivity contribution in [1.82, 2.24) is 0 Å². The highest BCUT2D eigenvalue weighted by atomic mass is 16.8. The van der Waals surface area contributed by atoms with E-state index in [0.29, 0.717) is 0 Å². The predicted octanol–water partition coefficient (Wildman–Crippen LogP) is -3.71. The summed E-state index contributed by atoms with van der Waals surface area (Å²) in [6, 6.07) is 0. The molecule has 3 heterocycles. The van der Waals surface area contributed by atoms with Gasteiger partial charge in [-0.2, -0.15) is 0 Å². The van der Waals surface area contributed by atoms with E-state index in [-0.39, 0.29) is 13.2 Å². The first-order chi connectivity index (χ1) is 9.47. The van der Waals surface area contributed by atoms with Crippen LogP contribution in [0.2, 0.25) is 0 Å². The minimum absolute atomic E-state index is 0.124. The van der Waals surface area contributed by atoms with Gasteiger partial charge in [0.1, 0.15) is 30.5 Å². The van der Waals surface area contributed by atoms with E-state index < -0.39 is 55.3 Å². The average Bonchev–Trinajstić information content (AvgIpc) is 2.63. The van der Waals surface area contributed by atoms with Gasteiger partial charge in [0.05, 0.1) is 19.8 Å². The summed E-state index contributed by atoms with van der Waals surface area (Å²) in [5.74, 6) is 0. The van der Waals surface area contributed by atoms with E-state index in [1.807, 2.05) is 0 Å². The van der Waals surface area contributed by atoms with Crippen molar-refractivity contribution >= 4 is 0 Å². The van der Waals surface area contributed by atoms with Crippen LogP contribution in [0.4, 0.5) is 0 Å². The Labute approximate surface area is 114 Å². The predicted molar refractivity (Wildman–Crippen MR) is 59.3 cm³/mol. The molecule has 20 heavy (non-hydrogen) atoms. The van der Waals surface area contributed by atoms with Crippen LogP contribution in [0.5, 0.6) is 0 Å². The molecule has 116 valence electrons. The fourth-order valence-electron chi connectivity index (χ4n) is 2.64. The van der Waals surface area contributed by atoms with Gasteiger partial charge in [-0.05, 0) is 0 Å². The first kappa shape index (κ1) is 14.6. The summed E-state index contributed by atoms with van der Waals surface area (Å²) in [4.78, 5) is 0. The number of rotatable bonds is 1. The van der Waals surface area contributed by atoms with Gasteiger partial charge in [-0.3, -0.25) is 0 Å². The van der Waals surface area contributed by atoms with Crippen LogP contribution < -0.4 is 0 Å². The highest BCUT2D eigenvalue weighted by molar-refractivity contribution is 5.00. The third-order valence-electron chi connectivity index (χ3n) is 3.97. The topological polar surface area (TPSA) is 138 Å². The SMILES string of the molecule is OCC1OC2OCC3(O)C(O)COC3OC2C(O)C1O. The normalized spacial score (nSPS) is 56.0. The zero-order valence-corrected chi connectivity index (χ0v) is 10.5. The zero-order valence-electron chi connectivity index (χ0n) is 10.5. The van der Waals surface area contributed by atoms with Crippen molar-refractivity contribution in [2.45, 2.75) is 48.7 Å². The van der Waals surface area contributed by atoms with Crippen LogP contribution in [-0.2, 0) is 18.9 Å². The molecule has 3 aliphatic rings. The Morgan fingerprint density at radius 3 is 2.50 bits per heavy atom. The Balaban J connectivity index is 1.82. The number of aliphatic hydroxyl groups excluding tert-OH is 4. The van der Waals surface area contributed by atoms with Crippen LogP contribution >= 0.6 is 0 Å². The molecule has 0 saturated carbocycles. The highest BCUT2D eigenvalue weighted by Crippen LogP contribution is 2.36. The number of hydrogen-bond acceptors (Lipinski definition) is 9. The molecule has 3 rings (SSSR count). The van der Waals surface area contributed by atoms with Gasteiger partial charge in [0.15, 0.2) is 18.2 Å². The van der Waals surface area contributed by atoms with E-state index in [4.69, 9.17) is 24.1 Å². The van der Waals surface area contributed by atoms with Crippen LogP contribution in [0.15, 0.2) is 0 Å². The minimum Gasteiger partial charge on any atom is -0.394 e. The Morgan fingerprint density at radius 1 is 1.05 bits per heavy atom. The van der Waals surface area contributed by atoms with E-state index in [0.717, 1.165) is 0 Å². The number of aliphatic hydroxyl groups is 5. The van der Waals surface area contributed by atoms with Crippen molar-refractivity contribution in [1.29, 1.82) is 0 Å². The molecular formula is C11H18O9. The largest absolute Gasteiger partial charge is 0.394 e. The van der Waals surface area contributed by atoms with Gasteiger partial charge in [-0.15, -0.1) is 0 Å². The molecule has 8 atom stereocenters. The third kappa shape index (κ3) is 2.06. The molecule has 3 saturated heterocycles. The lowest BCUT2D eigenvalue weighted by atomic mass is 9.99. The summed E-state index contributed by atoms with van der Waals surface area (Å²) in [5.41, 5.74) is -1.76. The summed E-state index contributed by atoms with van der Waals surface area (Å²) >= 11 is 0. The molecule has 3 fully saturated rings. The second-order valence-electron chi connectivity index (χ2n) is 5.29. The van der Waals surface area contributed by atoms with Gasteiger partial charge in [0.25, 0.3) is 0 Å². The van der Waals surface area contributed by atoms with Crippen molar-refractivity contribution in [3.8, 4) is 0 Å². The van der Waals surface area contributed by atoms with Crippen molar-refractivity contribution in [3.05, 3.63) is 0 Å². The lowest BCUT2D eigenvalue weighted by Crippen LogP contribution is -2.60. The monoisotopic (exact) mass is 294 g/mol. The molecule has 9 heteroatoms. The Morgan fingerprint density at radius 2 is 1.80 bits per heavy atom. The van der Waals surface area contributed by atoms with Gasteiger partial charge in [0.2, 0.25) is 0 Å². The smallest absolute Gasteiger partial charge is 0.192 e. The van der Waals surface area contributed by atoms with E-state index >= 15 is 0 Å². The highest BCUT2D eigenvalue weighted by Gasteiger charge is 2.58. The summed E-state index contributed by atoms with van der Waals surface area (Å²) in [5, 5.41) is 49.0. The molecule has 0 spiro atoms. The van der Waals surface area contributed by atoms with Crippen molar-refractivity contribution in [3.63, 3.8) is 0 Å². The van der Waals surface area contributed by atoms with Crippen LogP contribution in [-0.4, -0.2) is 94.1 Å². The van der Waals surface area contributed by atoms with Gasteiger partial charge >= 0.3 is 0 Å². The minimum atomic E-state index is -1.76. The second-order valence-corrected chi connectivity index (χ2v) is 5.29. The average molecular weight is 294 g/mol. The van der Waals surface area contributed by atoms with Crippen LogP contribution in [0.1, 0.15) is 0 Å². The molecule has 3 aliphatic heterocycles. The molecule has 0 radical (unpaired) electrons. The fraction of sp³-hybridized carbons (Fsp3) is 1.00. The van der Waals surface area contributed by atoms with Crippen LogP contribution in [0.3, 0.4) is 0 Å². The molecule has 0 aromatic rings. The molecule has 0 bridgehead atoms. The number of ether oxygens (including phenoxy) is 4. The van der Waals surface area contributed by atoms with Crippen LogP contribution in [0, 0.1) is 0 Å². The lowest BCUT2D eigenvalue weighted by Gasteiger charge is -2.40. The second kappa shape index (κ2) is 5.13. The summed E-state index contributed by atoms with van der Waals surface area (Å²) in [6.45, 7) is -0.945. The lowest BCUT2D eigenvalue weighted by molar-refractivity contribution is -0.316. The quantitative estimate of drug-likeness (QED) is 0.330. The van der Waals surface area contributed by atoms with Gasteiger partial charge in [-0.25, -0.2) is 0 Å². The standard InChI is InChI=1S/C11H18O9/c12-1-4-6(14)7(15)8-9(19-4)18-3-11(16)5(13)2-17-10(11)20-8/h4-10,12-16H,1-3H2. The maximum atomic E-state index is 10.3. The van der Waals surface area contributed by atoms with E-state index in [2.05, 4.69) is 0 Å². The van der Waals surface area contributed by atoms with Crippen molar-refractivity contribution in [2.75, 3.05) is 19.8 Å². The Bertz CT molecular complexity index is 366. The van der Waals surface area contributed by atoms with E-state index in [1.54, 1.807) is 0 Å². The van der Waals surface area contributed by atoms with Crippen LogP contribution in [0.25, 0.3) is 0 Å². The first-order valence-corrected chi connectivity index (χ1v) is 6.39. The zero-order chi connectivity index (χ0) is 14.5. The number of hydrogen-bond donors (Lipinski definition) is 5. The molecule has 0 aromatic carbocycles. The summed E-state index contributed by atoms with van der Waals surface area (Å²) in [7, 11) is 0. The van der Waals surface area contributed by atoms with E-state index in [1.165, 1.54) is 0 Å². The van der Waals surface area contributed by atoms with Gasteiger partial charge < -0.3 is 44.5 Å². The first-order valence-electron chi connectivity index (χ1n) is 6.39. The van der Waals surface area contributed by atoms with Gasteiger partial charge in [-0.1, -0.05) is 0 Å². The Kier molecular flexibility index (Phi) is 3.73. The van der Waals surface area contributed by atoms with Gasteiger partial charge in [0, 0.05) is 0 Å². The summed E-state index contributed by atoms with van der Waals surface area (Å²) in [6.07, 6.45) is -8.33. The summed E-state index contributed by atoms with van der Waals surface area (Å²) < 4.78 is 21.2. The molecule has 8 unspecified atom stereocenters.